The number of carbonyl (C=O) groups is 1. The molecule has 0 radical (unpaired) electrons. The van der Waals surface area contributed by atoms with E-state index in [0.29, 0.717) is 5.82 Å². The number of hydrogen-bond donors (Lipinski definition) is 1. The monoisotopic (exact) mass is 329 g/mol. The number of amides is 1. The molecule has 0 saturated heterocycles. The number of anilines is 1. The van der Waals surface area contributed by atoms with Crippen LogP contribution < -0.4 is 10.1 Å². The molecule has 0 atom stereocenters. The largest absolute Gasteiger partial charge is 0.497 e. The van der Waals surface area contributed by atoms with Crippen LogP contribution in [0.3, 0.4) is 0 Å². The van der Waals surface area contributed by atoms with Crippen LogP contribution in [-0.2, 0) is 10.2 Å². The maximum absolute atomic E-state index is 12.4. The Morgan fingerprint density at radius 2 is 1.67 bits per heavy atom. The number of aromatic nitrogens is 2. The quantitative estimate of drug-likeness (QED) is 0.920. The van der Waals surface area contributed by atoms with E-state index >= 15 is 0 Å². The summed E-state index contributed by atoms with van der Waals surface area (Å²) in [7, 11) is 1.63. The fraction of sp³-hybridized carbons (Fsp3) is 0.474. The van der Waals surface area contributed by atoms with Crippen molar-refractivity contribution in [2.75, 3.05) is 12.4 Å². The molecule has 1 aromatic carbocycles. The number of methoxy groups -OCH3 is 1. The lowest BCUT2D eigenvalue weighted by molar-refractivity contribution is -0.123. The summed E-state index contributed by atoms with van der Waals surface area (Å²) in [6, 6.07) is 9.54. The minimum Gasteiger partial charge on any atom is -0.497 e. The standard InChI is InChI=1S/C19H27N3O2/c1-18(2,3)15-12-16(20-17(23)19(4,5)6)22(21-15)13-8-10-14(24-7)11-9-13/h8-12H,1-7H3,(H,20,23). The molecule has 2 rings (SSSR count). The van der Waals surface area contributed by atoms with Crippen molar-refractivity contribution in [1.29, 1.82) is 0 Å². The zero-order valence-electron chi connectivity index (χ0n) is 15.6. The Kier molecular flexibility index (Phi) is 4.74. The fourth-order valence-corrected chi connectivity index (χ4v) is 2.06. The van der Waals surface area contributed by atoms with Gasteiger partial charge in [0.1, 0.15) is 11.6 Å². The van der Waals surface area contributed by atoms with Gasteiger partial charge in [0, 0.05) is 16.9 Å². The van der Waals surface area contributed by atoms with E-state index in [4.69, 9.17) is 9.84 Å². The second kappa shape index (κ2) is 6.30. The van der Waals surface area contributed by atoms with Gasteiger partial charge in [-0.3, -0.25) is 4.79 Å². The maximum Gasteiger partial charge on any atom is 0.230 e. The molecule has 0 spiro atoms. The Bertz CT molecular complexity index is 717. The Morgan fingerprint density at radius 3 is 2.12 bits per heavy atom. The summed E-state index contributed by atoms with van der Waals surface area (Å²) in [4.78, 5) is 12.4. The molecular weight excluding hydrogens is 302 g/mol. The Balaban J connectivity index is 2.47. The van der Waals surface area contributed by atoms with Crippen molar-refractivity contribution in [3.05, 3.63) is 36.0 Å². The number of ether oxygens (including phenoxy) is 1. The second-order valence-electron chi connectivity index (χ2n) is 7.98. The summed E-state index contributed by atoms with van der Waals surface area (Å²) in [6.45, 7) is 12.0. The summed E-state index contributed by atoms with van der Waals surface area (Å²) in [5, 5.41) is 7.70. The number of nitrogens with zero attached hydrogens (tertiary/aromatic N) is 2. The van der Waals surface area contributed by atoms with E-state index in [1.54, 1.807) is 11.8 Å². The van der Waals surface area contributed by atoms with E-state index in [1.165, 1.54) is 0 Å². The first kappa shape index (κ1) is 18.0. The van der Waals surface area contributed by atoms with Gasteiger partial charge in [0.15, 0.2) is 0 Å². The second-order valence-corrected chi connectivity index (χ2v) is 7.98. The van der Waals surface area contributed by atoms with Crippen LogP contribution >= 0.6 is 0 Å². The summed E-state index contributed by atoms with van der Waals surface area (Å²) in [5.41, 5.74) is 1.20. The lowest BCUT2D eigenvalue weighted by Gasteiger charge is -2.18. The molecule has 1 aromatic heterocycles. The topological polar surface area (TPSA) is 56.1 Å². The van der Waals surface area contributed by atoms with Crippen LogP contribution in [0, 0.1) is 5.41 Å². The van der Waals surface area contributed by atoms with Crippen molar-refractivity contribution < 1.29 is 9.53 Å². The van der Waals surface area contributed by atoms with Gasteiger partial charge in [-0.1, -0.05) is 41.5 Å². The van der Waals surface area contributed by atoms with Crippen LogP contribution in [0.4, 0.5) is 5.82 Å². The van der Waals surface area contributed by atoms with Crippen LogP contribution in [0.25, 0.3) is 5.69 Å². The smallest absolute Gasteiger partial charge is 0.230 e. The maximum atomic E-state index is 12.4. The van der Waals surface area contributed by atoms with E-state index < -0.39 is 5.41 Å². The molecule has 24 heavy (non-hydrogen) atoms. The fourth-order valence-electron chi connectivity index (χ4n) is 2.06. The molecule has 0 unspecified atom stereocenters. The van der Waals surface area contributed by atoms with Crippen molar-refractivity contribution >= 4 is 11.7 Å². The van der Waals surface area contributed by atoms with Crippen molar-refractivity contribution in [3.63, 3.8) is 0 Å². The van der Waals surface area contributed by atoms with E-state index in [2.05, 4.69) is 26.1 Å². The van der Waals surface area contributed by atoms with Crippen molar-refractivity contribution in [2.45, 2.75) is 47.0 Å². The molecule has 130 valence electrons. The van der Waals surface area contributed by atoms with Gasteiger partial charge in [-0.25, -0.2) is 4.68 Å². The SMILES string of the molecule is COc1ccc(-n2nc(C(C)(C)C)cc2NC(=O)C(C)(C)C)cc1. The number of hydrogen-bond acceptors (Lipinski definition) is 3. The predicted octanol–water partition coefficient (Wildman–Crippen LogP) is 4.16. The van der Waals surface area contributed by atoms with E-state index in [-0.39, 0.29) is 11.3 Å². The van der Waals surface area contributed by atoms with E-state index in [9.17, 15) is 4.79 Å². The lowest BCUT2D eigenvalue weighted by Crippen LogP contribution is -2.28. The first-order valence-corrected chi connectivity index (χ1v) is 8.09. The molecule has 2 aromatic rings. The summed E-state index contributed by atoms with van der Waals surface area (Å²) < 4.78 is 6.97. The molecule has 0 bridgehead atoms. The first-order valence-electron chi connectivity index (χ1n) is 8.09. The van der Waals surface area contributed by atoms with Gasteiger partial charge in [-0.05, 0) is 24.3 Å². The van der Waals surface area contributed by atoms with Crippen molar-refractivity contribution in [2.24, 2.45) is 5.41 Å². The average molecular weight is 329 g/mol. The average Bonchev–Trinajstić information content (AvgIpc) is 2.90. The number of benzene rings is 1. The van der Waals surface area contributed by atoms with Gasteiger partial charge in [0.25, 0.3) is 0 Å². The van der Waals surface area contributed by atoms with Gasteiger partial charge in [0.05, 0.1) is 18.5 Å². The summed E-state index contributed by atoms with van der Waals surface area (Å²) in [5.74, 6) is 1.41. The number of rotatable bonds is 3. The van der Waals surface area contributed by atoms with Gasteiger partial charge >= 0.3 is 0 Å². The predicted molar refractivity (Wildman–Crippen MR) is 96.9 cm³/mol. The first-order chi connectivity index (χ1) is 11.0. The summed E-state index contributed by atoms with van der Waals surface area (Å²) in [6.07, 6.45) is 0. The molecule has 1 heterocycles. The molecule has 0 saturated carbocycles. The van der Waals surface area contributed by atoms with Crippen molar-refractivity contribution in [3.8, 4) is 11.4 Å². The van der Waals surface area contributed by atoms with Crippen LogP contribution in [-0.4, -0.2) is 22.8 Å². The van der Waals surface area contributed by atoms with Gasteiger partial charge in [-0.15, -0.1) is 0 Å². The highest BCUT2D eigenvalue weighted by Gasteiger charge is 2.25. The molecule has 5 heteroatoms. The number of nitrogens with one attached hydrogen (secondary N) is 1. The molecule has 0 fully saturated rings. The van der Waals surface area contributed by atoms with Crippen LogP contribution in [0.2, 0.25) is 0 Å². The molecule has 0 aliphatic heterocycles. The zero-order chi connectivity index (χ0) is 18.1. The minimum absolute atomic E-state index is 0.0439. The normalized spacial score (nSPS) is 12.1. The summed E-state index contributed by atoms with van der Waals surface area (Å²) >= 11 is 0. The van der Waals surface area contributed by atoms with Gasteiger partial charge in [-0.2, -0.15) is 5.10 Å². The molecule has 1 amide bonds. The lowest BCUT2D eigenvalue weighted by atomic mass is 9.92. The zero-order valence-corrected chi connectivity index (χ0v) is 15.6. The highest BCUT2D eigenvalue weighted by Crippen LogP contribution is 2.28. The highest BCUT2D eigenvalue weighted by atomic mass is 16.5. The third-order valence-corrected chi connectivity index (χ3v) is 3.72. The van der Waals surface area contributed by atoms with E-state index in [1.807, 2.05) is 51.1 Å². The van der Waals surface area contributed by atoms with Crippen LogP contribution in [0.5, 0.6) is 5.75 Å². The van der Waals surface area contributed by atoms with Crippen LogP contribution in [0.1, 0.15) is 47.2 Å². The molecular formula is C19H27N3O2. The Labute approximate surface area is 144 Å². The number of carbonyl (C=O) groups excluding carboxylic acids is 1. The molecule has 1 N–H and O–H groups in total. The van der Waals surface area contributed by atoms with Gasteiger partial charge in [0.2, 0.25) is 5.91 Å². The Morgan fingerprint density at radius 1 is 1.08 bits per heavy atom. The third-order valence-electron chi connectivity index (χ3n) is 3.72. The van der Waals surface area contributed by atoms with Crippen molar-refractivity contribution in [1.82, 2.24) is 9.78 Å². The third kappa shape index (κ3) is 3.96. The molecule has 5 nitrogen and oxygen atoms in total. The minimum atomic E-state index is -0.475. The molecule has 0 aliphatic carbocycles. The van der Waals surface area contributed by atoms with E-state index in [0.717, 1.165) is 17.1 Å². The highest BCUT2D eigenvalue weighted by molar-refractivity contribution is 5.94. The Hall–Kier alpha value is -2.30. The molecule has 0 aliphatic rings. The van der Waals surface area contributed by atoms with Gasteiger partial charge < -0.3 is 10.1 Å². The van der Waals surface area contributed by atoms with Crippen LogP contribution in [0.15, 0.2) is 30.3 Å².